The van der Waals surface area contributed by atoms with Crippen molar-refractivity contribution in [2.45, 2.75) is 56.7 Å². The molecular formula is C16H23ClN2OS. The zero-order chi connectivity index (χ0) is 15.4. The van der Waals surface area contributed by atoms with Gasteiger partial charge in [-0.25, -0.2) is 4.98 Å². The highest BCUT2D eigenvalue weighted by Gasteiger charge is 2.22. The van der Waals surface area contributed by atoms with E-state index < -0.39 is 0 Å². The van der Waals surface area contributed by atoms with Gasteiger partial charge >= 0.3 is 0 Å². The van der Waals surface area contributed by atoms with E-state index in [1.807, 2.05) is 31.7 Å². The number of amides is 1. The van der Waals surface area contributed by atoms with Crippen molar-refractivity contribution in [3.8, 4) is 0 Å². The van der Waals surface area contributed by atoms with Gasteiger partial charge in [-0.1, -0.05) is 25.4 Å². The summed E-state index contributed by atoms with van der Waals surface area (Å²) < 4.78 is 0. The number of hydrogen-bond acceptors (Lipinski definition) is 3. The van der Waals surface area contributed by atoms with Gasteiger partial charge in [-0.05, 0) is 50.0 Å². The average molecular weight is 327 g/mol. The summed E-state index contributed by atoms with van der Waals surface area (Å²) in [5, 5.41) is 4.28. The van der Waals surface area contributed by atoms with Crippen molar-refractivity contribution in [1.29, 1.82) is 0 Å². The molecule has 116 valence electrons. The first-order valence-corrected chi connectivity index (χ1v) is 9.17. The lowest BCUT2D eigenvalue weighted by Crippen LogP contribution is -2.38. The number of nitrogens with zero attached hydrogens (tertiary/aromatic N) is 1. The molecule has 0 atom stereocenters. The molecule has 2 rings (SSSR count). The Bertz CT molecular complexity index is 499. The molecule has 5 heteroatoms. The van der Waals surface area contributed by atoms with Crippen LogP contribution in [0.2, 0.25) is 5.15 Å². The Morgan fingerprint density at radius 1 is 1.33 bits per heavy atom. The Morgan fingerprint density at radius 2 is 2.00 bits per heavy atom. The van der Waals surface area contributed by atoms with E-state index in [0.717, 1.165) is 23.8 Å². The smallest absolute Gasteiger partial charge is 0.251 e. The fourth-order valence-electron chi connectivity index (χ4n) is 2.66. The Labute approximate surface area is 136 Å². The van der Waals surface area contributed by atoms with Crippen molar-refractivity contribution in [2.24, 2.45) is 0 Å². The van der Waals surface area contributed by atoms with E-state index in [1.165, 1.54) is 12.8 Å². The van der Waals surface area contributed by atoms with Crippen LogP contribution in [0.4, 0.5) is 0 Å². The fraction of sp³-hybridized carbons (Fsp3) is 0.625. The minimum Gasteiger partial charge on any atom is -0.349 e. The van der Waals surface area contributed by atoms with Crippen molar-refractivity contribution >= 4 is 29.3 Å². The third-order valence-electron chi connectivity index (χ3n) is 4.01. The maximum Gasteiger partial charge on any atom is 0.251 e. The molecule has 1 aliphatic rings. The van der Waals surface area contributed by atoms with E-state index in [1.54, 1.807) is 6.07 Å². The molecule has 0 bridgehead atoms. The van der Waals surface area contributed by atoms with Gasteiger partial charge in [0.05, 0.1) is 0 Å². The van der Waals surface area contributed by atoms with Gasteiger partial charge in [-0.3, -0.25) is 4.79 Å². The summed E-state index contributed by atoms with van der Waals surface area (Å²) in [6.07, 6.45) is 6.65. The molecule has 1 heterocycles. The highest BCUT2D eigenvalue weighted by Crippen LogP contribution is 2.27. The van der Waals surface area contributed by atoms with Crippen LogP contribution in [-0.2, 0) is 0 Å². The van der Waals surface area contributed by atoms with Crippen LogP contribution in [0.15, 0.2) is 12.1 Å². The lowest BCUT2D eigenvalue weighted by Gasteiger charge is -2.28. The predicted octanol–water partition coefficient (Wildman–Crippen LogP) is 4.26. The van der Waals surface area contributed by atoms with E-state index >= 15 is 0 Å². The summed E-state index contributed by atoms with van der Waals surface area (Å²) in [5.41, 5.74) is 1.48. The van der Waals surface area contributed by atoms with Crippen molar-refractivity contribution in [1.82, 2.24) is 10.3 Å². The molecule has 0 radical (unpaired) electrons. The number of carbonyl (C=O) groups excluding carboxylic acids is 1. The number of pyridine rings is 1. The molecular weight excluding hydrogens is 304 g/mol. The number of nitrogens with one attached hydrogen (secondary N) is 1. The number of carbonyl (C=O) groups is 1. The molecule has 1 amide bonds. The third-order valence-corrected chi connectivity index (χ3v) is 5.34. The summed E-state index contributed by atoms with van der Waals surface area (Å²) in [4.78, 5) is 16.7. The predicted molar refractivity (Wildman–Crippen MR) is 90.4 cm³/mol. The first-order valence-electron chi connectivity index (χ1n) is 7.50. The topological polar surface area (TPSA) is 42.0 Å². The summed E-state index contributed by atoms with van der Waals surface area (Å²) in [6, 6.07) is 3.78. The van der Waals surface area contributed by atoms with Gasteiger partial charge in [0, 0.05) is 22.5 Å². The van der Waals surface area contributed by atoms with Crippen molar-refractivity contribution in [3.05, 3.63) is 28.5 Å². The number of halogens is 1. The second kappa shape index (κ2) is 7.50. The highest BCUT2D eigenvalue weighted by atomic mass is 35.5. The maximum absolute atomic E-state index is 12.4. The van der Waals surface area contributed by atoms with Crippen LogP contribution in [0.1, 0.15) is 61.5 Å². The lowest BCUT2D eigenvalue weighted by molar-refractivity contribution is 0.0928. The van der Waals surface area contributed by atoms with Crippen molar-refractivity contribution in [3.63, 3.8) is 0 Å². The number of thioether (sulfide) groups is 1. The van der Waals surface area contributed by atoms with Crippen LogP contribution in [-0.4, -0.2) is 28.4 Å². The molecule has 1 aromatic heterocycles. The van der Waals surface area contributed by atoms with E-state index in [0.29, 0.717) is 10.7 Å². The molecule has 1 aromatic rings. The van der Waals surface area contributed by atoms with Gasteiger partial charge in [0.2, 0.25) is 0 Å². The number of rotatable bonds is 4. The molecule has 0 aromatic carbocycles. The standard InChI is InChI=1S/C16H23ClN2OS/c1-10(2)14-8-11(9-15(17)19-14)16(20)18-12-4-6-13(21-3)7-5-12/h8-10,12-13H,4-7H2,1-3H3,(H,18,20). The van der Waals surface area contributed by atoms with E-state index in [9.17, 15) is 4.79 Å². The summed E-state index contributed by atoms with van der Waals surface area (Å²) in [7, 11) is 0. The Hall–Kier alpha value is -0.740. The van der Waals surface area contributed by atoms with E-state index in [-0.39, 0.29) is 17.9 Å². The first kappa shape index (κ1) is 16.6. The van der Waals surface area contributed by atoms with Gasteiger partial charge < -0.3 is 5.32 Å². The van der Waals surface area contributed by atoms with Crippen LogP contribution < -0.4 is 5.32 Å². The molecule has 1 N–H and O–H groups in total. The van der Waals surface area contributed by atoms with E-state index in [2.05, 4.69) is 16.6 Å². The maximum atomic E-state index is 12.4. The molecule has 0 spiro atoms. The fourth-order valence-corrected chi connectivity index (χ4v) is 3.61. The number of hydrogen-bond donors (Lipinski definition) is 1. The molecule has 1 fully saturated rings. The minimum absolute atomic E-state index is 0.0335. The quantitative estimate of drug-likeness (QED) is 0.840. The van der Waals surface area contributed by atoms with Crippen molar-refractivity contribution in [2.75, 3.05) is 6.26 Å². The Kier molecular flexibility index (Phi) is 5.94. The summed E-state index contributed by atoms with van der Waals surface area (Å²) in [6.45, 7) is 4.09. The second-order valence-corrected chi connectivity index (χ2v) is 7.47. The zero-order valence-corrected chi connectivity index (χ0v) is 14.4. The molecule has 1 saturated carbocycles. The van der Waals surface area contributed by atoms with Gasteiger partial charge in [0.15, 0.2) is 0 Å². The van der Waals surface area contributed by atoms with Crippen molar-refractivity contribution < 1.29 is 4.79 Å². The van der Waals surface area contributed by atoms with E-state index in [4.69, 9.17) is 11.6 Å². The minimum atomic E-state index is -0.0335. The Morgan fingerprint density at radius 3 is 2.57 bits per heavy atom. The molecule has 21 heavy (non-hydrogen) atoms. The molecule has 0 saturated heterocycles. The van der Waals surface area contributed by atoms with Crippen LogP contribution in [0.3, 0.4) is 0 Å². The molecule has 1 aliphatic carbocycles. The monoisotopic (exact) mass is 326 g/mol. The third kappa shape index (κ3) is 4.62. The molecule has 3 nitrogen and oxygen atoms in total. The lowest BCUT2D eigenvalue weighted by atomic mass is 9.94. The molecule has 0 aliphatic heterocycles. The first-order chi connectivity index (χ1) is 9.99. The second-order valence-electron chi connectivity index (χ2n) is 5.94. The highest BCUT2D eigenvalue weighted by molar-refractivity contribution is 7.99. The van der Waals surface area contributed by atoms with Gasteiger partial charge in [-0.2, -0.15) is 11.8 Å². The summed E-state index contributed by atoms with van der Waals surface area (Å²) >= 11 is 7.96. The van der Waals surface area contributed by atoms with Gasteiger partial charge in [-0.15, -0.1) is 0 Å². The largest absolute Gasteiger partial charge is 0.349 e. The molecule has 0 unspecified atom stereocenters. The normalized spacial score (nSPS) is 22.3. The van der Waals surface area contributed by atoms with Crippen LogP contribution in [0.25, 0.3) is 0 Å². The van der Waals surface area contributed by atoms with Crippen LogP contribution in [0.5, 0.6) is 0 Å². The Balaban J connectivity index is 2.00. The summed E-state index contributed by atoms with van der Waals surface area (Å²) in [5.74, 6) is 0.223. The van der Waals surface area contributed by atoms with Gasteiger partial charge in [0.1, 0.15) is 5.15 Å². The number of aromatic nitrogens is 1. The van der Waals surface area contributed by atoms with Gasteiger partial charge in [0.25, 0.3) is 5.91 Å². The average Bonchev–Trinajstić information content (AvgIpc) is 2.47. The van der Waals surface area contributed by atoms with Crippen LogP contribution in [0, 0.1) is 0 Å². The SMILES string of the molecule is CSC1CCC(NC(=O)c2cc(Cl)nc(C(C)C)c2)CC1. The van der Waals surface area contributed by atoms with Crippen LogP contribution >= 0.6 is 23.4 Å². The zero-order valence-electron chi connectivity index (χ0n) is 12.9.